The van der Waals surface area contributed by atoms with Crippen LogP contribution in [0.5, 0.6) is 0 Å². The first-order valence-corrected chi connectivity index (χ1v) is 20.5. The van der Waals surface area contributed by atoms with Gasteiger partial charge in [0.1, 0.15) is 0 Å². The minimum Gasteiger partial charge on any atom is -0.311 e. The van der Waals surface area contributed by atoms with Gasteiger partial charge in [0.15, 0.2) is 0 Å². The molecule has 0 aliphatic carbocycles. The van der Waals surface area contributed by atoms with E-state index < -0.39 is 0 Å². The molecule has 0 N–H and O–H groups in total. The fraction of sp³-hybridized carbons (Fsp3) is 0. The standard InChI is InChI=1S/C54H37N3S/c1-5-15-40(16-6-1)55(41-17-7-2-8-18-41)44-28-25-38(26-29-44)39-27-35-50-49(37-39)53-51(36-34-48-47-23-13-14-24-52(47)58-54(48)53)57(50)46-32-30-45(31-33-46)56(42-19-9-3-10-20-42)43-21-11-4-12-22-43/h1-37H. The molecule has 3 nitrogen and oxygen atoms in total. The highest BCUT2D eigenvalue weighted by Gasteiger charge is 2.20. The molecule has 0 amide bonds. The molecule has 0 fully saturated rings. The van der Waals surface area contributed by atoms with Crippen molar-refractivity contribution in [2.45, 2.75) is 0 Å². The van der Waals surface area contributed by atoms with E-state index in [0.717, 1.165) is 39.8 Å². The molecule has 0 bridgehead atoms. The van der Waals surface area contributed by atoms with Crippen molar-refractivity contribution in [2.75, 3.05) is 9.80 Å². The van der Waals surface area contributed by atoms with Crippen LogP contribution in [0.3, 0.4) is 0 Å². The van der Waals surface area contributed by atoms with Gasteiger partial charge in [0.25, 0.3) is 0 Å². The predicted molar refractivity (Wildman–Crippen MR) is 248 cm³/mol. The molecule has 0 spiro atoms. The summed E-state index contributed by atoms with van der Waals surface area (Å²) in [6, 6.07) is 80.8. The molecular weight excluding hydrogens is 723 g/mol. The van der Waals surface area contributed by atoms with Crippen molar-refractivity contribution in [3.8, 4) is 16.8 Å². The van der Waals surface area contributed by atoms with Crippen molar-refractivity contribution in [1.29, 1.82) is 0 Å². The van der Waals surface area contributed by atoms with Gasteiger partial charge in [-0.15, -0.1) is 11.3 Å². The van der Waals surface area contributed by atoms with Crippen LogP contribution < -0.4 is 9.80 Å². The molecule has 0 aliphatic heterocycles. The summed E-state index contributed by atoms with van der Waals surface area (Å²) in [5.41, 5.74) is 12.6. The SMILES string of the molecule is c1ccc(N(c2ccccc2)c2ccc(-c3ccc4c(c3)c3c5sc6ccccc6c5ccc3n4-c3ccc(N(c4ccccc4)c4ccccc4)cc3)cc2)cc1. The third kappa shape index (κ3) is 5.82. The van der Waals surface area contributed by atoms with Crippen LogP contribution in [0.25, 0.3) is 58.8 Å². The van der Waals surface area contributed by atoms with Gasteiger partial charge < -0.3 is 14.4 Å². The van der Waals surface area contributed by atoms with Crippen molar-refractivity contribution >= 4 is 87.4 Å². The monoisotopic (exact) mass is 759 g/mol. The maximum absolute atomic E-state index is 2.44. The zero-order chi connectivity index (χ0) is 38.4. The van der Waals surface area contributed by atoms with E-state index in [0.29, 0.717) is 0 Å². The van der Waals surface area contributed by atoms with Crippen LogP contribution in [0.1, 0.15) is 0 Å². The Bertz CT molecular complexity index is 3110. The molecule has 0 saturated heterocycles. The van der Waals surface area contributed by atoms with Crippen LogP contribution in [0.4, 0.5) is 34.1 Å². The molecule has 2 heterocycles. The molecule has 11 rings (SSSR count). The molecular formula is C54H37N3S. The number of benzene rings is 9. The number of aromatic nitrogens is 1. The van der Waals surface area contributed by atoms with E-state index in [9.17, 15) is 0 Å². The van der Waals surface area contributed by atoms with Gasteiger partial charge >= 0.3 is 0 Å². The Morgan fingerprint density at radius 2 is 0.776 bits per heavy atom. The van der Waals surface area contributed by atoms with Crippen LogP contribution in [-0.2, 0) is 0 Å². The molecule has 0 atom stereocenters. The molecule has 2 aromatic heterocycles. The minimum absolute atomic E-state index is 1.11. The Labute approximate surface area is 341 Å². The molecule has 0 aliphatic rings. The second-order valence-electron chi connectivity index (χ2n) is 14.6. The number of anilines is 6. The maximum atomic E-state index is 2.44. The van der Waals surface area contributed by atoms with Gasteiger partial charge in [-0.2, -0.15) is 0 Å². The molecule has 11 aromatic rings. The first kappa shape index (κ1) is 33.9. The molecule has 58 heavy (non-hydrogen) atoms. The number of hydrogen-bond donors (Lipinski definition) is 0. The summed E-state index contributed by atoms with van der Waals surface area (Å²) < 4.78 is 5.08. The summed E-state index contributed by atoms with van der Waals surface area (Å²) in [6.07, 6.45) is 0. The fourth-order valence-corrected chi connectivity index (χ4v) is 9.76. The number of hydrogen-bond acceptors (Lipinski definition) is 3. The van der Waals surface area contributed by atoms with Crippen molar-refractivity contribution in [2.24, 2.45) is 0 Å². The molecule has 0 saturated carbocycles. The van der Waals surface area contributed by atoms with Crippen LogP contribution >= 0.6 is 11.3 Å². The summed E-state index contributed by atoms with van der Waals surface area (Å²) in [4.78, 5) is 4.62. The third-order valence-electron chi connectivity index (χ3n) is 11.2. The van der Waals surface area contributed by atoms with Crippen LogP contribution in [0, 0.1) is 0 Å². The Balaban J connectivity index is 1.05. The van der Waals surface area contributed by atoms with Crippen LogP contribution in [0.2, 0.25) is 0 Å². The second-order valence-corrected chi connectivity index (χ2v) is 15.6. The zero-order valence-corrected chi connectivity index (χ0v) is 32.4. The van der Waals surface area contributed by atoms with Gasteiger partial charge in [0.05, 0.1) is 11.0 Å². The normalized spacial score (nSPS) is 11.4. The largest absolute Gasteiger partial charge is 0.311 e. The number of fused-ring (bicyclic) bond motifs is 7. The van der Waals surface area contributed by atoms with E-state index in [1.54, 1.807) is 0 Å². The third-order valence-corrected chi connectivity index (χ3v) is 12.4. The van der Waals surface area contributed by atoms with Crippen molar-refractivity contribution < 1.29 is 0 Å². The van der Waals surface area contributed by atoms with Crippen molar-refractivity contribution in [1.82, 2.24) is 4.57 Å². The highest BCUT2D eigenvalue weighted by Crippen LogP contribution is 2.45. The number of nitrogens with zero attached hydrogens (tertiary/aromatic N) is 3. The maximum Gasteiger partial charge on any atom is 0.0555 e. The van der Waals surface area contributed by atoms with Gasteiger partial charge in [-0.3, -0.25) is 0 Å². The molecule has 274 valence electrons. The van der Waals surface area contributed by atoms with Crippen LogP contribution in [-0.4, -0.2) is 4.57 Å². The van der Waals surface area contributed by atoms with E-state index in [1.807, 2.05) is 11.3 Å². The van der Waals surface area contributed by atoms with Gasteiger partial charge in [0.2, 0.25) is 0 Å². The topological polar surface area (TPSA) is 11.4 Å². The summed E-state index contributed by atoms with van der Waals surface area (Å²) in [7, 11) is 0. The number of thiophene rings is 1. The van der Waals surface area contributed by atoms with Crippen molar-refractivity contribution in [3.63, 3.8) is 0 Å². The van der Waals surface area contributed by atoms with Gasteiger partial charge in [-0.1, -0.05) is 115 Å². The lowest BCUT2D eigenvalue weighted by Gasteiger charge is -2.25. The zero-order valence-electron chi connectivity index (χ0n) is 31.6. The van der Waals surface area contributed by atoms with Crippen molar-refractivity contribution in [3.05, 3.63) is 224 Å². The van der Waals surface area contributed by atoms with E-state index in [4.69, 9.17) is 0 Å². The smallest absolute Gasteiger partial charge is 0.0555 e. The van der Waals surface area contributed by atoms with Gasteiger partial charge in [-0.05, 0) is 120 Å². The molecule has 9 aromatic carbocycles. The Kier molecular flexibility index (Phi) is 8.34. The number of rotatable bonds is 8. The summed E-state index contributed by atoms with van der Waals surface area (Å²) in [6.45, 7) is 0. The summed E-state index contributed by atoms with van der Waals surface area (Å²) in [5, 5.41) is 5.17. The molecule has 0 unspecified atom stereocenters. The quantitative estimate of drug-likeness (QED) is 0.153. The average Bonchev–Trinajstić information content (AvgIpc) is 3.84. The minimum atomic E-state index is 1.11. The highest BCUT2D eigenvalue weighted by molar-refractivity contribution is 7.26. The summed E-state index contributed by atoms with van der Waals surface area (Å²) in [5.74, 6) is 0. The molecule has 4 heteroatoms. The van der Waals surface area contributed by atoms with E-state index in [1.165, 1.54) is 53.1 Å². The van der Waals surface area contributed by atoms with E-state index >= 15 is 0 Å². The first-order chi connectivity index (χ1) is 28.8. The average molecular weight is 760 g/mol. The van der Waals surface area contributed by atoms with Gasteiger partial charge in [-0.25, -0.2) is 0 Å². The fourth-order valence-electron chi connectivity index (χ4n) is 8.50. The lowest BCUT2D eigenvalue weighted by molar-refractivity contribution is 1.17. The van der Waals surface area contributed by atoms with Gasteiger partial charge in [0, 0.05) is 70.8 Å². The molecule has 0 radical (unpaired) electrons. The lowest BCUT2D eigenvalue weighted by Crippen LogP contribution is -2.09. The Morgan fingerprint density at radius 3 is 1.33 bits per heavy atom. The predicted octanol–water partition coefficient (Wildman–Crippen LogP) is 15.8. The first-order valence-electron chi connectivity index (χ1n) is 19.7. The lowest BCUT2D eigenvalue weighted by atomic mass is 10.0. The van der Waals surface area contributed by atoms with E-state index in [2.05, 4.69) is 239 Å². The van der Waals surface area contributed by atoms with Crippen LogP contribution in [0.15, 0.2) is 224 Å². The second kappa shape index (κ2) is 14.3. The van der Waals surface area contributed by atoms with E-state index in [-0.39, 0.29) is 0 Å². The summed E-state index contributed by atoms with van der Waals surface area (Å²) >= 11 is 1.89. The Morgan fingerprint density at radius 1 is 0.328 bits per heavy atom. The highest BCUT2D eigenvalue weighted by atomic mass is 32.1. The number of para-hydroxylation sites is 4. The Hall–Kier alpha value is -7.40.